The number of likely N-dealkylation sites (tertiary alicyclic amines) is 1. The molecule has 23 heavy (non-hydrogen) atoms. The molecule has 4 rings (SSSR count). The van der Waals surface area contributed by atoms with E-state index in [4.69, 9.17) is 0 Å². The fourth-order valence-electron chi connectivity index (χ4n) is 3.17. The predicted octanol–water partition coefficient (Wildman–Crippen LogP) is 0.733. The number of pyridine rings is 1. The number of nitrogens with one attached hydrogen (secondary N) is 1. The van der Waals surface area contributed by atoms with Gasteiger partial charge in [0.25, 0.3) is 5.91 Å². The summed E-state index contributed by atoms with van der Waals surface area (Å²) in [6.07, 6.45) is 7.17. The van der Waals surface area contributed by atoms with Crippen molar-refractivity contribution in [3.8, 4) is 0 Å². The van der Waals surface area contributed by atoms with Gasteiger partial charge in [0.2, 0.25) is 0 Å². The third-order valence-electron chi connectivity index (χ3n) is 4.28. The normalized spacial score (nSPS) is 18.0. The second-order valence-electron chi connectivity index (χ2n) is 5.78. The first-order valence-corrected chi connectivity index (χ1v) is 7.50. The van der Waals surface area contributed by atoms with Crippen LogP contribution in [0, 0.1) is 0 Å². The Morgan fingerprint density at radius 3 is 3.00 bits per heavy atom. The number of carbonyl (C=O) groups excluding carboxylic acids is 1. The lowest BCUT2D eigenvalue weighted by Gasteiger charge is -2.24. The second-order valence-corrected chi connectivity index (χ2v) is 5.78. The Labute approximate surface area is 131 Å². The van der Waals surface area contributed by atoms with Crippen LogP contribution in [0.4, 0.5) is 0 Å². The molecule has 0 radical (unpaired) electrons. The Hall–Kier alpha value is -2.90. The zero-order valence-electron chi connectivity index (χ0n) is 12.6. The summed E-state index contributed by atoms with van der Waals surface area (Å²) in [4.78, 5) is 26.4. The van der Waals surface area contributed by atoms with E-state index >= 15 is 0 Å². The maximum absolute atomic E-state index is 12.9. The van der Waals surface area contributed by atoms with Gasteiger partial charge in [-0.05, 0) is 25.0 Å². The van der Waals surface area contributed by atoms with Crippen LogP contribution < -0.4 is 5.69 Å². The number of amides is 1. The number of nitrogens with zero attached hydrogens (tertiary/aromatic N) is 5. The highest BCUT2D eigenvalue weighted by Crippen LogP contribution is 2.32. The molecule has 1 N–H and O–H groups in total. The summed E-state index contributed by atoms with van der Waals surface area (Å²) < 4.78 is 3.09. The first kappa shape index (κ1) is 13.7. The van der Waals surface area contributed by atoms with E-state index in [0.717, 1.165) is 18.4 Å². The van der Waals surface area contributed by atoms with Crippen molar-refractivity contribution in [3.05, 3.63) is 52.3 Å². The largest absolute Gasteiger partial charge is 0.347 e. The van der Waals surface area contributed by atoms with Crippen LogP contribution in [-0.2, 0) is 7.05 Å². The molecule has 1 atom stereocenters. The van der Waals surface area contributed by atoms with Gasteiger partial charge in [-0.1, -0.05) is 0 Å². The summed E-state index contributed by atoms with van der Waals surface area (Å²) in [7, 11) is 1.86. The smallest absolute Gasteiger partial charge is 0.331 e. The van der Waals surface area contributed by atoms with Crippen molar-refractivity contribution >= 4 is 11.6 Å². The Morgan fingerprint density at radius 1 is 1.35 bits per heavy atom. The van der Waals surface area contributed by atoms with Gasteiger partial charge in [0.05, 0.1) is 17.8 Å². The highest BCUT2D eigenvalue weighted by atomic mass is 16.2. The summed E-state index contributed by atoms with van der Waals surface area (Å²) in [6.45, 7) is 0.705. The minimum Gasteiger partial charge on any atom is -0.331 e. The van der Waals surface area contributed by atoms with Crippen molar-refractivity contribution in [1.82, 2.24) is 29.3 Å². The summed E-state index contributed by atoms with van der Waals surface area (Å²) in [5.41, 5.74) is 1.67. The third-order valence-corrected chi connectivity index (χ3v) is 4.28. The van der Waals surface area contributed by atoms with Crippen LogP contribution in [-0.4, -0.2) is 41.7 Å². The van der Waals surface area contributed by atoms with Crippen LogP contribution in [0.25, 0.3) is 5.65 Å². The van der Waals surface area contributed by atoms with E-state index in [2.05, 4.69) is 15.3 Å². The van der Waals surface area contributed by atoms with Gasteiger partial charge in [-0.15, -0.1) is 0 Å². The summed E-state index contributed by atoms with van der Waals surface area (Å²) in [5, 5.41) is 10.4. The van der Waals surface area contributed by atoms with E-state index in [-0.39, 0.29) is 17.6 Å². The van der Waals surface area contributed by atoms with Gasteiger partial charge in [0.1, 0.15) is 0 Å². The molecule has 1 fully saturated rings. The quantitative estimate of drug-likeness (QED) is 0.755. The third kappa shape index (κ3) is 2.23. The molecule has 1 unspecified atom stereocenters. The molecule has 0 aromatic carbocycles. The Kier molecular flexibility index (Phi) is 3.03. The van der Waals surface area contributed by atoms with E-state index < -0.39 is 0 Å². The predicted molar refractivity (Wildman–Crippen MR) is 82.0 cm³/mol. The molecule has 1 aliphatic heterocycles. The Morgan fingerprint density at radius 2 is 2.22 bits per heavy atom. The van der Waals surface area contributed by atoms with Crippen LogP contribution in [0.15, 0.2) is 35.5 Å². The molecule has 118 valence electrons. The zero-order chi connectivity index (χ0) is 16.0. The van der Waals surface area contributed by atoms with E-state index in [9.17, 15) is 9.59 Å². The van der Waals surface area contributed by atoms with Crippen LogP contribution in [0.3, 0.4) is 0 Å². The summed E-state index contributed by atoms with van der Waals surface area (Å²) in [6, 6.07) is 3.41. The van der Waals surface area contributed by atoms with Gasteiger partial charge in [-0.25, -0.2) is 14.3 Å². The van der Waals surface area contributed by atoms with E-state index in [1.807, 2.05) is 18.1 Å². The van der Waals surface area contributed by atoms with Crippen LogP contribution in [0.5, 0.6) is 0 Å². The topological polar surface area (TPSA) is 88.3 Å². The summed E-state index contributed by atoms with van der Waals surface area (Å²) in [5.74, 6) is -0.0775. The Bertz CT molecular complexity index is 937. The fourth-order valence-corrected chi connectivity index (χ4v) is 3.17. The molecule has 3 aromatic rings. The number of carbonyl (C=O) groups is 1. The SMILES string of the molecule is Cn1cc(C2CCCN2C(=O)c2ccc3n[nH]c(=O)n3c2)cn1. The van der Waals surface area contributed by atoms with E-state index in [1.54, 1.807) is 29.2 Å². The molecule has 0 aliphatic carbocycles. The number of hydrogen-bond donors (Lipinski definition) is 1. The number of aryl methyl sites for hydroxylation is 1. The molecule has 8 nitrogen and oxygen atoms in total. The number of H-pyrrole nitrogens is 1. The Balaban J connectivity index is 1.68. The van der Waals surface area contributed by atoms with Crippen molar-refractivity contribution in [2.75, 3.05) is 6.54 Å². The average Bonchev–Trinajstić information content (AvgIpc) is 3.26. The molecule has 1 aliphatic rings. The van der Waals surface area contributed by atoms with Gasteiger partial charge in [-0.2, -0.15) is 10.2 Å². The fraction of sp³-hybridized carbons (Fsp3) is 0.333. The molecule has 0 saturated carbocycles. The lowest BCUT2D eigenvalue weighted by Crippen LogP contribution is -2.30. The molecule has 3 aromatic heterocycles. The lowest BCUT2D eigenvalue weighted by molar-refractivity contribution is 0.0735. The molecule has 0 bridgehead atoms. The highest BCUT2D eigenvalue weighted by Gasteiger charge is 2.31. The lowest BCUT2D eigenvalue weighted by atomic mass is 10.1. The number of rotatable bonds is 2. The van der Waals surface area contributed by atoms with E-state index in [0.29, 0.717) is 17.8 Å². The second kappa shape index (κ2) is 5.08. The molecular weight excluding hydrogens is 296 g/mol. The maximum atomic E-state index is 12.9. The molecule has 1 saturated heterocycles. The maximum Gasteiger partial charge on any atom is 0.347 e. The van der Waals surface area contributed by atoms with Crippen LogP contribution in [0.2, 0.25) is 0 Å². The molecule has 1 amide bonds. The van der Waals surface area contributed by atoms with Crippen molar-refractivity contribution in [2.45, 2.75) is 18.9 Å². The number of fused-ring (bicyclic) bond motifs is 1. The molecule has 4 heterocycles. The van der Waals surface area contributed by atoms with Gasteiger partial charge < -0.3 is 4.90 Å². The monoisotopic (exact) mass is 312 g/mol. The standard InChI is InChI=1S/C15H16N6O2/c1-19-8-11(7-16-19)12-3-2-6-20(12)14(22)10-4-5-13-17-18-15(23)21(13)9-10/h4-5,7-9,12H,2-3,6H2,1H3,(H,18,23). The minimum absolute atomic E-state index is 0.0352. The van der Waals surface area contributed by atoms with Crippen molar-refractivity contribution in [3.63, 3.8) is 0 Å². The first-order chi connectivity index (χ1) is 11.1. The zero-order valence-corrected chi connectivity index (χ0v) is 12.6. The molecule has 0 spiro atoms. The number of hydrogen-bond acceptors (Lipinski definition) is 4. The average molecular weight is 312 g/mol. The van der Waals surface area contributed by atoms with Crippen molar-refractivity contribution in [1.29, 1.82) is 0 Å². The van der Waals surface area contributed by atoms with E-state index in [1.165, 1.54) is 4.40 Å². The molecular formula is C15H16N6O2. The van der Waals surface area contributed by atoms with Crippen LogP contribution in [0.1, 0.15) is 34.8 Å². The minimum atomic E-state index is -0.347. The molecule has 8 heteroatoms. The van der Waals surface area contributed by atoms with Crippen LogP contribution >= 0.6 is 0 Å². The first-order valence-electron chi connectivity index (χ1n) is 7.50. The van der Waals surface area contributed by atoms with Crippen molar-refractivity contribution in [2.24, 2.45) is 7.05 Å². The van der Waals surface area contributed by atoms with Gasteiger partial charge in [0.15, 0.2) is 5.65 Å². The van der Waals surface area contributed by atoms with Crippen molar-refractivity contribution < 1.29 is 4.79 Å². The number of aromatic amines is 1. The number of aromatic nitrogens is 5. The van der Waals surface area contributed by atoms with Gasteiger partial charge in [-0.3, -0.25) is 9.48 Å². The summed E-state index contributed by atoms with van der Waals surface area (Å²) >= 11 is 0. The van der Waals surface area contributed by atoms with Gasteiger partial charge in [0, 0.05) is 31.5 Å². The highest BCUT2D eigenvalue weighted by molar-refractivity contribution is 5.94. The van der Waals surface area contributed by atoms with Gasteiger partial charge >= 0.3 is 5.69 Å².